The minimum absolute atomic E-state index is 0.191. The zero-order chi connectivity index (χ0) is 21.2. The molecule has 4 aromatic rings. The Hall–Kier alpha value is -2.83. The normalized spacial score (nSPS) is 16.3. The van der Waals surface area contributed by atoms with Crippen molar-refractivity contribution in [2.24, 2.45) is 5.92 Å². The Bertz CT molecular complexity index is 1220. The van der Waals surface area contributed by atoms with E-state index < -0.39 is 0 Å². The van der Waals surface area contributed by atoms with Crippen LogP contribution >= 0.6 is 11.6 Å². The number of aromatic nitrogens is 4. The summed E-state index contributed by atoms with van der Waals surface area (Å²) in [5.74, 6) is 1.82. The number of aryl methyl sites for hydroxylation is 2. The number of nitrogens with zero attached hydrogens (tertiary/aromatic N) is 4. The van der Waals surface area contributed by atoms with E-state index in [4.69, 9.17) is 21.6 Å². The topological polar surface area (TPSA) is 55.6 Å². The van der Waals surface area contributed by atoms with Gasteiger partial charge in [-0.15, -0.1) is 0 Å². The molecule has 3 heterocycles. The number of nitrogens with one attached hydrogen (secondary N) is 1. The highest BCUT2D eigenvalue weighted by atomic mass is 35.5. The van der Waals surface area contributed by atoms with Gasteiger partial charge in [-0.2, -0.15) is 0 Å². The Kier molecular flexibility index (Phi) is 5.66. The predicted molar refractivity (Wildman–Crippen MR) is 121 cm³/mol. The van der Waals surface area contributed by atoms with Crippen molar-refractivity contribution in [3.05, 3.63) is 77.0 Å². The Labute approximate surface area is 185 Å². The summed E-state index contributed by atoms with van der Waals surface area (Å²) in [7, 11) is 0. The van der Waals surface area contributed by atoms with Gasteiger partial charge in [0.05, 0.1) is 11.2 Å². The minimum Gasteiger partial charge on any atom is -0.316 e. The highest BCUT2D eigenvalue weighted by molar-refractivity contribution is 6.33. The molecule has 2 aromatic carbocycles. The average molecular weight is 436 g/mol. The number of benzene rings is 2. The van der Waals surface area contributed by atoms with E-state index in [1.165, 1.54) is 6.07 Å². The summed E-state index contributed by atoms with van der Waals surface area (Å²) >= 11 is 6.50. The van der Waals surface area contributed by atoms with Crippen LogP contribution in [-0.4, -0.2) is 32.6 Å². The van der Waals surface area contributed by atoms with Crippen molar-refractivity contribution in [1.82, 2.24) is 24.8 Å². The largest absolute Gasteiger partial charge is 0.316 e. The van der Waals surface area contributed by atoms with Gasteiger partial charge in [-0.25, -0.2) is 19.3 Å². The fraction of sp³-hybridized carbons (Fsp3) is 0.292. The standard InChI is InChI=1S/C24H23ClFN5/c25-19-7-3-2-6-18(19)23-29-21-14-28-22(10-9-17-5-1-4-8-20(17)26)30-24(21)31(23)15-16-11-12-27-13-16/h1-8,14,16,27H,9-13,15H2/t16-/m0/s1. The van der Waals surface area contributed by atoms with E-state index in [1.54, 1.807) is 18.3 Å². The first-order valence-electron chi connectivity index (χ1n) is 10.6. The monoisotopic (exact) mass is 435 g/mol. The van der Waals surface area contributed by atoms with Crippen molar-refractivity contribution in [2.75, 3.05) is 13.1 Å². The van der Waals surface area contributed by atoms with Crippen molar-refractivity contribution in [3.63, 3.8) is 0 Å². The molecule has 31 heavy (non-hydrogen) atoms. The van der Waals surface area contributed by atoms with Crippen molar-refractivity contribution in [3.8, 4) is 11.4 Å². The van der Waals surface area contributed by atoms with E-state index in [2.05, 4.69) is 14.9 Å². The highest BCUT2D eigenvalue weighted by Gasteiger charge is 2.22. The van der Waals surface area contributed by atoms with Gasteiger partial charge in [0.1, 0.15) is 23.0 Å². The van der Waals surface area contributed by atoms with Gasteiger partial charge in [-0.3, -0.25) is 0 Å². The van der Waals surface area contributed by atoms with Crippen LogP contribution in [0, 0.1) is 11.7 Å². The van der Waals surface area contributed by atoms with Crippen molar-refractivity contribution < 1.29 is 4.39 Å². The summed E-state index contributed by atoms with van der Waals surface area (Å²) in [4.78, 5) is 14.2. The van der Waals surface area contributed by atoms with Gasteiger partial charge in [0, 0.05) is 18.5 Å². The summed E-state index contributed by atoms with van der Waals surface area (Å²) in [5.41, 5.74) is 3.12. The molecule has 1 aliphatic heterocycles. The number of halogens is 2. The molecule has 0 bridgehead atoms. The molecular formula is C24H23ClFN5. The average Bonchev–Trinajstić information content (AvgIpc) is 3.42. The van der Waals surface area contributed by atoms with Crippen molar-refractivity contribution in [2.45, 2.75) is 25.8 Å². The van der Waals surface area contributed by atoms with Crippen molar-refractivity contribution >= 4 is 22.8 Å². The molecule has 2 aromatic heterocycles. The summed E-state index contributed by atoms with van der Waals surface area (Å²) in [5, 5.41) is 4.09. The van der Waals surface area contributed by atoms with E-state index in [1.807, 2.05) is 30.3 Å². The molecule has 0 unspecified atom stereocenters. The van der Waals surface area contributed by atoms with Crippen LogP contribution in [0.15, 0.2) is 54.7 Å². The SMILES string of the molecule is Fc1ccccc1CCc1ncc2nc(-c3ccccc3Cl)n(C[C@H]3CCNC3)c2n1. The molecule has 7 heteroatoms. The third-order valence-corrected chi connectivity index (χ3v) is 6.16. The molecule has 0 saturated carbocycles. The molecule has 1 saturated heterocycles. The van der Waals surface area contributed by atoms with Gasteiger partial charge in [0.2, 0.25) is 0 Å². The van der Waals surface area contributed by atoms with Gasteiger partial charge in [-0.05, 0) is 55.6 Å². The van der Waals surface area contributed by atoms with E-state index >= 15 is 0 Å². The summed E-state index contributed by atoms with van der Waals surface area (Å²) in [6.07, 6.45) is 4.00. The predicted octanol–water partition coefficient (Wildman–Crippen LogP) is 4.68. The second kappa shape index (κ2) is 8.73. The molecule has 0 amide bonds. The van der Waals surface area contributed by atoms with Crippen LogP contribution in [0.1, 0.15) is 17.8 Å². The fourth-order valence-corrected chi connectivity index (χ4v) is 4.39. The Morgan fingerprint density at radius 2 is 1.90 bits per heavy atom. The maximum Gasteiger partial charge on any atom is 0.164 e. The lowest BCUT2D eigenvalue weighted by Crippen LogP contribution is -2.16. The zero-order valence-corrected chi connectivity index (χ0v) is 17.8. The first-order chi connectivity index (χ1) is 15.2. The number of imidazole rings is 1. The van der Waals surface area contributed by atoms with Gasteiger partial charge < -0.3 is 9.88 Å². The second-order valence-electron chi connectivity index (χ2n) is 7.97. The Balaban J connectivity index is 1.53. The molecule has 1 atom stereocenters. The molecule has 158 valence electrons. The molecule has 1 aliphatic rings. The Morgan fingerprint density at radius 3 is 2.71 bits per heavy atom. The molecule has 5 rings (SSSR count). The van der Waals surface area contributed by atoms with Crippen LogP contribution < -0.4 is 5.32 Å². The highest BCUT2D eigenvalue weighted by Crippen LogP contribution is 2.30. The van der Waals surface area contributed by atoms with Crippen LogP contribution in [-0.2, 0) is 19.4 Å². The number of rotatable bonds is 6. The quantitative estimate of drug-likeness (QED) is 0.477. The molecule has 1 N–H and O–H groups in total. The lowest BCUT2D eigenvalue weighted by molar-refractivity contribution is 0.490. The van der Waals surface area contributed by atoms with Crippen LogP contribution in [0.3, 0.4) is 0 Å². The molecule has 1 fully saturated rings. The third kappa shape index (κ3) is 4.18. The zero-order valence-electron chi connectivity index (χ0n) is 17.1. The van der Waals surface area contributed by atoms with Gasteiger partial charge in [0.25, 0.3) is 0 Å². The van der Waals surface area contributed by atoms with Crippen LogP contribution in [0.2, 0.25) is 5.02 Å². The van der Waals surface area contributed by atoms with E-state index in [0.717, 1.165) is 48.6 Å². The number of hydrogen-bond donors (Lipinski definition) is 1. The summed E-state index contributed by atoms with van der Waals surface area (Å²) in [6.45, 7) is 2.82. The summed E-state index contributed by atoms with van der Waals surface area (Å²) in [6, 6.07) is 14.6. The van der Waals surface area contributed by atoms with Crippen molar-refractivity contribution in [1.29, 1.82) is 0 Å². The van der Waals surface area contributed by atoms with Gasteiger partial charge in [0.15, 0.2) is 5.65 Å². The molecule has 0 aliphatic carbocycles. The molecular weight excluding hydrogens is 413 g/mol. The Morgan fingerprint density at radius 1 is 1.06 bits per heavy atom. The number of fused-ring (bicyclic) bond motifs is 1. The van der Waals surface area contributed by atoms with E-state index in [-0.39, 0.29) is 5.82 Å². The fourth-order valence-electron chi connectivity index (χ4n) is 4.17. The summed E-state index contributed by atoms with van der Waals surface area (Å²) < 4.78 is 16.2. The number of hydrogen-bond acceptors (Lipinski definition) is 4. The van der Waals surface area contributed by atoms with E-state index in [0.29, 0.717) is 35.2 Å². The van der Waals surface area contributed by atoms with E-state index in [9.17, 15) is 4.39 Å². The van der Waals surface area contributed by atoms with Crippen LogP contribution in [0.25, 0.3) is 22.6 Å². The van der Waals surface area contributed by atoms with Gasteiger partial charge >= 0.3 is 0 Å². The maximum atomic E-state index is 14.0. The van der Waals surface area contributed by atoms with Crippen LogP contribution in [0.4, 0.5) is 4.39 Å². The molecule has 0 spiro atoms. The second-order valence-corrected chi connectivity index (χ2v) is 8.38. The minimum atomic E-state index is -0.191. The lowest BCUT2D eigenvalue weighted by Gasteiger charge is -2.14. The molecule has 5 nitrogen and oxygen atoms in total. The first kappa shape index (κ1) is 20.1. The smallest absolute Gasteiger partial charge is 0.164 e. The lowest BCUT2D eigenvalue weighted by atomic mass is 10.1. The van der Waals surface area contributed by atoms with Crippen LogP contribution in [0.5, 0.6) is 0 Å². The molecule has 0 radical (unpaired) electrons. The third-order valence-electron chi connectivity index (χ3n) is 5.83. The van der Waals surface area contributed by atoms with Gasteiger partial charge in [-0.1, -0.05) is 41.9 Å². The maximum absolute atomic E-state index is 14.0. The first-order valence-corrected chi connectivity index (χ1v) is 11.0.